The molecule has 1 saturated heterocycles. The van der Waals surface area contributed by atoms with E-state index < -0.39 is 11.7 Å². The maximum Gasteiger partial charge on any atom is 0.416 e. The van der Waals surface area contributed by atoms with Crippen LogP contribution in [0.4, 0.5) is 18.9 Å². The molecule has 2 fully saturated rings. The van der Waals surface area contributed by atoms with Gasteiger partial charge in [-0.1, -0.05) is 25.3 Å². The second-order valence-electron chi connectivity index (χ2n) is 6.23. The van der Waals surface area contributed by atoms with Gasteiger partial charge in [0, 0.05) is 18.8 Å². The maximum absolute atomic E-state index is 12.7. The monoisotopic (exact) mass is 298 g/mol. The van der Waals surface area contributed by atoms with Crippen LogP contribution in [0.2, 0.25) is 0 Å². The highest BCUT2D eigenvalue weighted by molar-refractivity contribution is 5.45. The Balaban J connectivity index is 1.64. The average molecular weight is 298 g/mol. The van der Waals surface area contributed by atoms with Crippen LogP contribution in [-0.4, -0.2) is 18.1 Å². The van der Waals surface area contributed by atoms with Crippen molar-refractivity contribution in [2.24, 2.45) is 11.8 Å². The fourth-order valence-electron chi connectivity index (χ4n) is 3.65. The number of hydrogen-bond donors (Lipinski definition) is 1. The Morgan fingerprint density at radius 2 is 1.81 bits per heavy atom. The lowest BCUT2D eigenvalue weighted by atomic mass is 9.75. The van der Waals surface area contributed by atoms with Crippen LogP contribution in [0.1, 0.15) is 37.7 Å². The van der Waals surface area contributed by atoms with Crippen molar-refractivity contribution in [2.45, 2.75) is 38.3 Å². The van der Waals surface area contributed by atoms with Crippen molar-refractivity contribution in [1.82, 2.24) is 5.01 Å². The van der Waals surface area contributed by atoms with E-state index >= 15 is 0 Å². The molecule has 2 atom stereocenters. The highest BCUT2D eigenvalue weighted by Crippen LogP contribution is 2.36. The van der Waals surface area contributed by atoms with E-state index in [4.69, 9.17) is 0 Å². The van der Waals surface area contributed by atoms with E-state index in [1.165, 1.54) is 37.8 Å². The summed E-state index contributed by atoms with van der Waals surface area (Å²) in [5.74, 6) is 1.52. The number of fused-ring (bicyclic) bond motifs is 1. The number of rotatable bonds is 2. The van der Waals surface area contributed by atoms with E-state index in [1.807, 2.05) is 0 Å². The van der Waals surface area contributed by atoms with Gasteiger partial charge in [-0.2, -0.15) is 13.2 Å². The number of hydrazine groups is 1. The third-order valence-corrected chi connectivity index (χ3v) is 4.77. The lowest BCUT2D eigenvalue weighted by molar-refractivity contribution is -0.137. The van der Waals surface area contributed by atoms with Gasteiger partial charge in [0.2, 0.25) is 0 Å². The number of hydrogen-bond acceptors (Lipinski definition) is 2. The average Bonchev–Trinajstić information content (AvgIpc) is 2.46. The molecule has 116 valence electrons. The third-order valence-electron chi connectivity index (χ3n) is 4.77. The molecule has 2 nitrogen and oxygen atoms in total. The predicted molar refractivity (Wildman–Crippen MR) is 76.7 cm³/mol. The van der Waals surface area contributed by atoms with Crippen molar-refractivity contribution >= 4 is 5.69 Å². The summed E-state index contributed by atoms with van der Waals surface area (Å²) in [6, 6.07) is 5.45. The van der Waals surface area contributed by atoms with Crippen molar-refractivity contribution in [3.05, 3.63) is 29.8 Å². The Morgan fingerprint density at radius 3 is 2.57 bits per heavy atom. The topological polar surface area (TPSA) is 15.3 Å². The van der Waals surface area contributed by atoms with Gasteiger partial charge in [0.1, 0.15) is 0 Å². The first-order chi connectivity index (χ1) is 10.0. The molecule has 1 saturated carbocycles. The molecular weight excluding hydrogens is 277 g/mol. The standard InChI is InChI=1S/C16H21F3N2/c17-16(18,19)14-6-3-7-15(10-14)20-21-9-8-12-4-1-2-5-13(12)11-21/h3,6-7,10,12-13,20H,1-2,4-5,8-9,11H2/t12-,13-/m0/s1. The molecule has 0 spiro atoms. The van der Waals surface area contributed by atoms with Crippen LogP contribution in [0.5, 0.6) is 0 Å². The Labute approximate surface area is 123 Å². The molecule has 1 N–H and O–H groups in total. The third kappa shape index (κ3) is 3.51. The SMILES string of the molecule is FC(F)(F)c1cccc(NN2CC[C@@H]3CCCC[C@H]3C2)c1. The van der Waals surface area contributed by atoms with Gasteiger partial charge in [-0.05, 0) is 42.9 Å². The van der Waals surface area contributed by atoms with Gasteiger partial charge in [0.25, 0.3) is 0 Å². The van der Waals surface area contributed by atoms with E-state index in [0.29, 0.717) is 11.6 Å². The fourth-order valence-corrected chi connectivity index (χ4v) is 3.65. The van der Waals surface area contributed by atoms with Crippen LogP contribution in [0, 0.1) is 11.8 Å². The summed E-state index contributed by atoms with van der Waals surface area (Å²) in [5, 5.41) is 2.09. The van der Waals surface area contributed by atoms with E-state index in [9.17, 15) is 13.2 Å². The smallest absolute Gasteiger partial charge is 0.319 e. The number of benzene rings is 1. The van der Waals surface area contributed by atoms with Crippen molar-refractivity contribution < 1.29 is 13.2 Å². The molecule has 0 amide bonds. The van der Waals surface area contributed by atoms with Crippen LogP contribution >= 0.6 is 0 Å². The zero-order chi connectivity index (χ0) is 14.9. The summed E-state index contributed by atoms with van der Waals surface area (Å²) in [6.45, 7) is 1.86. The fraction of sp³-hybridized carbons (Fsp3) is 0.625. The number of nitrogens with one attached hydrogen (secondary N) is 1. The Bertz CT molecular complexity index is 487. The normalized spacial score (nSPS) is 27.2. The van der Waals surface area contributed by atoms with Crippen LogP contribution < -0.4 is 5.43 Å². The summed E-state index contributed by atoms with van der Waals surface area (Å²) in [6.07, 6.45) is 2.07. The van der Waals surface area contributed by atoms with Crippen molar-refractivity contribution in [3.8, 4) is 0 Å². The molecule has 1 heterocycles. The molecule has 1 aliphatic carbocycles. The molecular formula is C16H21F3N2. The van der Waals surface area contributed by atoms with Crippen LogP contribution in [-0.2, 0) is 6.18 Å². The van der Waals surface area contributed by atoms with Gasteiger partial charge in [0.05, 0.1) is 5.56 Å². The number of halogens is 3. The minimum absolute atomic E-state index is 0.527. The summed E-state index contributed by atoms with van der Waals surface area (Å²) >= 11 is 0. The van der Waals surface area contributed by atoms with Crippen LogP contribution in [0.3, 0.4) is 0 Å². The Kier molecular flexibility index (Phi) is 4.11. The summed E-state index contributed by atoms with van der Waals surface area (Å²) < 4.78 is 38.2. The molecule has 0 unspecified atom stereocenters. The maximum atomic E-state index is 12.7. The van der Waals surface area contributed by atoms with E-state index in [-0.39, 0.29) is 0 Å². The van der Waals surface area contributed by atoms with E-state index in [0.717, 1.165) is 31.5 Å². The zero-order valence-electron chi connectivity index (χ0n) is 12.0. The molecule has 2 aliphatic rings. The first-order valence-corrected chi connectivity index (χ1v) is 7.71. The van der Waals surface area contributed by atoms with Crippen molar-refractivity contribution in [3.63, 3.8) is 0 Å². The molecule has 0 radical (unpaired) electrons. The largest absolute Gasteiger partial charge is 0.416 e. The second kappa shape index (κ2) is 5.87. The van der Waals surface area contributed by atoms with Gasteiger partial charge in [-0.15, -0.1) is 0 Å². The molecule has 0 bridgehead atoms. The lowest BCUT2D eigenvalue weighted by Crippen LogP contribution is -2.44. The first kappa shape index (κ1) is 14.7. The lowest BCUT2D eigenvalue weighted by Gasteiger charge is -2.41. The van der Waals surface area contributed by atoms with Crippen molar-refractivity contribution in [1.29, 1.82) is 0 Å². The van der Waals surface area contributed by atoms with Crippen molar-refractivity contribution in [2.75, 3.05) is 18.5 Å². The Hall–Kier alpha value is -1.23. The van der Waals surface area contributed by atoms with Gasteiger partial charge < -0.3 is 5.43 Å². The molecule has 1 aromatic carbocycles. The minimum Gasteiger partial charge on any atom is -0.319 e. The van der Waals surface area contributed by atoms with Crippen LogP contribution in [0.15, 0.2) is 24.3 Å². The number of nitrogens with zero attached hydrogens (tertiary/aromatic N) is 1. The molecule has 1 aliphatic heterocycles. The number of piperidine rings is 1. The van der Waals surface area contributed by atoms with Gasteiger partial charge >= 0.3 is 6.18 Å². The zero-order valence-corrected chi connectivity index (χ0v) is 12.0. The first-order valence-electron chi connectivity index (χ1n) is 7.71. The quantitative estimate of drug-likeness (QED) is 0.862. The molecule has 0 aromatic heterocycles. The van der Waals surface area contributed by atoms with Gasteiger partial charge in [-0.25, -0.2) is 5.01 Å². The molecule has 21 heavy (non-hydrogen) atoms. The molecule has 3 rings (SSSR count). The van der Waals surface area contributed by atoms with Gasteiger partial charge in [-0.3, -0.25) is 0 Å². The van der Waals surface area contributed by atoms with Crippen LogP contribution in [0.25, 0.3) is 0 Å². The summed E-state index contributed by atoms with van der Waals surface area (Å²) in [7, 11) is 0. The molecule has 5 heteroatoms. The predicted octanol–water partition coefficient (Wildman–Crippen LogP) is 4.54. The van der Waals surface area contributed by atoms with E-state index in [1.54, 1.807) is 6.07 Å². The highest BCUT2D eigenvalue weighted by atomic mass is 19.4. The number of alkyl halides is 3. The second-order valence-corrected chi connectivity index (χ2v) is 6.23. The summed E-state index contributed by atoms with van der Waals surface area (Å²) in [4.78, 5) is 0. The minimum atomic E-state index is -4.28. The van der Waals surface area contributed by atoms with E-state index in [2.05, 4.69) is 10.4 Å². The Morgan fingerprint density at radius 1 is 1.05 bits per heavy atom. The summed E-state index contributed by atoms with van der Waals surface area (Å²) in [5.41, 5.74) is 3.09. The highest BCUT2D eigenvalue weighted by Gasteiger charge is 2.32. The number of anilines is 1. The van der Waals surface area contributed by atoms with Gasteiger partial charge in [0.15, 0.2) is 0 Å². The molecule has 1 aromatic rings.